The maximum absolute atomic E-state index is 12.8. The Bertz CT molecular complexity index is 1030. The Hall–Kier alpha value is -2.98. The third-order valence-electron chi connectivity index (χ3n) is 4.57. The van der Waals surface area contributed by atoms with Gasteiger partial charge in [0.05, 0.1) is 17.3 Å². The minimum absolute atomic E-state index is 0.376. The van der Waals surface area contributed by atoms with Crippen LogP contribution in [0.1, 0.15) is 27.5 Å². The van der Waals surface area contributed by atoms with Crippen LogP contribution in [0.25, 0.3) is 6.08 Å². The third kappa shape index (κ3) is 3.36. The summed E-state index contributed by atoms with van der Waals surface area (Å²) in [4.78, 5) is 26.9. The number of carbonyl (C=O) groups excluding carboxylic acids is 2. The molecule has 0 N–H and O–H groups in total. The van der Waals surface area contributed by atoms with E-state index in [1.165, 1.54) is 0 Å². The number of benzene rings is 3. The lowest BCUT2D eigenvalue weighted by atomic mass is 10.0. The van der Waals surface area contributed by atoms with Crippen LogP contribution in [-0.4, -0.2) is 11.7 Å². The summed E-state index contributed by atoms with van der Waals surface area (Å²) in [6.45, 7) is 0. The number of Topliss-reactive ketones (excluding diaryl/α,β-unsaturated/α-hetero) is 1. The van der Waals surface area contributed by atoms with E-state index in [9.17, 15) is 9.59 Å². The zero-order valence-electron chi connectivity index (χ0n) is 14.4. The molecule has 1 amide bonds. The summed E-state index contributed by atoms with van der Waals surface area (Å²) in [6.07, 6.45) is 3.94. The largest absolute Gasteiger partial charge is 0.300 e. The van der Waals surface area contributed by atoms with Gasteiger partial charge in [-0.2, -0.15) is 0 Å². The van der Waals surface area contributed by atoms with Crippen LogP contribution in [0.2, 0.25) is 0 Å². The Labute approximate surface area is 166 Å². The fourth-order valence-electron chi connectivity index (χ4n) is 3.27. The highest BCUT2D eigenvalue weighted by Crippen LogP contribution is 2.38. The number of rotatable bonds is 4. The molecule has 1 aliphatic heterocycles. The van der Waals surface area contributed by atoms with E-state index in [2.05, 4.69) is 15.9 Å². The lowest BCUT2D eigenvalue weighted by molar-refractivity contribution is -0.114. The molecule has 132 valence electrons. The summed E-state index contributed by atoms with van der Waals surface area (Å²) >= 11 is 3.45. The topological polar surface area (TPSA) is 37.4 Å². The first-order valence-electron chi connectivity index (χ1n) is 8.61. The normalized spacial score (nSPS) is 14.6. The standard InChI is InChI=1S/C23H16BrNO2/c24-18-12-13-19-21(15-18)25(23(27)22(19)26)20(17-9-5-2-6-10-17)14-11-16-7-3-1-4-8-16/h1-15,20H/b14-11+/t20-/m0/s1. The molecule has 0 saturated carbocycles. The van der Waals surface area contributed by atoms with Gasteiger partial charge in [-0.05, 0) is 29.3 Å². The van der Waals surface area contributed by atoms with Crippen LogP contribution in [0.3, 0.4) is 0 Å². The van der Waals surface area contributed by atoms with Crippen molar-refractivity contribution in [1.29, 1.82) is 0 Å². The minimum atomic E-state index is -0.505. The van der Waals surface area contributed by atoms with Gasteiger partial charge >= 0.3 is 0 Å². The van der Waals surface area contributed by atoms with Crippen molar-refractivity contribution in [3.05, 3.63) is 106 Å². The molecule has 0 unspecified atom stereocenters. The molecule has 3 aromatic rings. The number of amides is 1. The lowest BCUT2D eigenvalue weighted by Crippen LogP contribution is -2.33. The van der Waals surface area contributed by atoms with Crippen molar-refractivity contribution in [3.8, 4) is 0 Å². The fourth-order valence-corrected chi connectivity index (χ4v) is 3.62. The van der Waals surface area contributed by atoms with Gasteiger partial charge in [-0.25, -0.2) is 0 Å². The zero-order valence-corrected chi connectivity index (χ0v) is 16.0. The van der Waals surface area contributed by atoms with E-state index in [-0.39, 0.29) is 6.04 Å². The Morgan fingerprint density at radius 2 is 1.52 bits per heavy atom. The molecular formula is C23H16BrNO2. The van der Waals surface area contributed by atoms with E-state index in [1.807, 2.05) is 78.9 Å². The van der Waals surface area contributed by atoms with Crippen molar-refractivity contribution < 1.29 is 9.59 Å². The second-order valence-corrected chi connectivity index (χ2v) is 7.21. The Morgan fingerprint density at radius 3 is 2.22 bits per heavy atom. The van der Waals surface area contributed by atoms with Gasteiger partial charge in [-0.3, -0.25) is 14.5 Å². The van der Waals surface area contributed by atoms with Crippen LogP contribution in [0.4, 0.5) is 5.69 Å². The molecule has 0 spiro atoms. The molecule has 0 aromatic heterocycles. The predicted molar refractivity (Wildman–Crippen MR) is 111 cm³/mol. The van der Waals surface area contributed by atoms with Crippen molar-refractivity contribution in [1.82, 2.24) is 0 Å². The molecule has 1 aliphatic rings. The van der Waals surface area contributed by atoms with Crippen molar-refractivity contribution in [2.75, 3.05) is 4.90 Å². The van der Waals surface area contributed by atoms with Gasteiger partial charge in [0.1, 0.15) is 0 Å². The second-order valence-electron chi connectivity index (χ2n) is 6.29. The molecule has 0 saturated heterocycles. The number of anilines is 1. The summed E-state index contributed by atoms with van der Waals surface area (Å²) in [5.74, 6) is -0.971. The van der Waals surface area contributed by atoms with E-state index < -0.39 is 11.7 Å². The van der Waals surface area contributed by atoms with E-state index in [0.717, 1.165) is 15.6 Å². The number of halogens is 1. The van der Waals surface area contributed by atoms with Gasteiger partial charge in [-0.1, -0.05) is 88.7 Å². The Balaban J connectivity index is 1.82. The molecule has 0 radical (unpaired) electrons. The maximum Gasteiger partial charge on any atom is 0.300 e. The molecule has 0 fully saturated rings. The number of fused-ring (bicyclic) bond motifs is 1. The Kier molecular flexibility index (Phi) is 4.73. The van der Waals surface area contributed by atoms with E-state index in [0.29, 0.717) is 11.3 Å². The molecule has 0 bridgehead atoms. The van der Waals surface area contributed by atoms with Gasteiger partial charge in [0.2, 0.25) is 0 Å². The van der Waals surface area contributed by atoms with E-state index >= 15 is 0 Å². The van der Waals surface area contributed by atoms with Crippen molar-refractivity contribution in [2.24, 2.45) is 0 Å². The first-order chi connectivity index (χ1) is 13.1. The van der Waals surface area contributed by atoms with Gasteiger partial charge in [0.15, 0.2) is 0 Å². The molecule has 1 atom stereocenters. The van der Waals surface area contributed by atoms with Gasteiger partial charge < -0.3 is 0 Å². The van der Waals surface area contributed by atoms with Crippen molar-refractivity contribution in [2.45, 2.75) is 6.04 Å². The Morgan fingerprint density at radius 1 is 0.852 bits per heavy atom. The van der Waals surface area contributed by atoms with E-state index in [1.54, 1.807) is 17.0 Å². The average Bonchev–Trinajstić information content (AvgIpc) is 2.94. The molecule has 4 rings (SSSR count). The predicted octanol–water partition coefficient (Wildman–Crippen LogP) is 5.43. The SMILES string of the molecule is O=C1C(=O)N([C@@H](/C=C/c2ccccc2)c2ccccc2)c2cc(Br)ccc21. The number of carbonyl (C=O) groups is 2. The highest BCUT2D eigenvalue weighted by molar-refractivity contribution is 9.10. The van der Waals surface area contributed by atoms with Crippen LogP contribution in [0.15, 0.2) is 89.4 Å². The summed E-state index contributed by atoms with van der Waals surface area (Å²) in [5.41, 5.74) is 3.05. The fraction of sp³-hybridized carbons (Fsp3) is 0.0435. The lowest BCUT2D eigenvalue weighted by Gasteiger charge is -2.26. The maximum atomic E-state index is 12.8. The highest BCUT2D eigenvalue weighted by Gasteiger charge is 2.39. The first-order valence-corrected chi connectivity index (χ1v) is 9.40. The van der Waals surface area contributed by atoms with Crippen molar-refractivity contribution in [3.63, 3.8) is 0 Å². The molecule has 4 heteroatoms. The van der Waals surface area contributed by atoms with Crippen LogP contribution in [0.5, 0.6) is 0 Å². The van der Waals surface area contributed by atoms with E-state index in [4.69, 9.17) is 0 Å². The number of nitrogens with zero attached hydrogens (tertiary/aromatic N) is 1. The molecule has 3 nitrogen and oxygen atoms in total. The average molecular weight is 418 g/mol. The van der Waals surface area contributed by atoms with Gasteiger partial charge in [0, 0.05) is 4.47 Å². The van der Waals surface area contributed by atoms with Gasteiger partial charge in [-0.15, -0.1) is 0 Å². The molecular weight excluding hydrogens is 402 g/mol. The van der Waals surface area contributed by atoms with Crippen LogP contribution >= 0.6 is 15.9 Å². The number of hydrogen-bond acceptors (Lipinski definition) is 2. The second kappa shape index (κ2) is 7.33. The van der Waals surface area contributed by atoms with Gasteiger partial charge in [0.25, 0.3) is 11.7 Å². The number of hydrogen-bond donors (Lipinski definition) is 0. The molecule has 3 aromatic carbocycles. The zero-order chi connectivity index (χ0) is 18.8. The third-order valence-corrected chi connectivity index (χ3v) is 5.06. The minimum Gasteiger partial charge on any atom is -0.294 e. The number of ketones is 1. The summed E-state index contributed by atoms with van der Waals surface area (Å²) in [7, 11) is 0. The summed E-state index contributed by atoms with van der Waals surface area (Å²) in [6, 6.07) is 24.6. The van der Waals surface area contributed by atoms with Crippen molar-refractivity contribution >= 4 is 39.4 Å². The van der Waals surface area contributed by atoms with Crippen LogP contribution in [0, 0.1) is 0 Å². The highest BCUT2D eigenvalue weighted by atomic mass is 79.9. The molecule has 27 heavy (non-hydrogen) atoms. The van der Waals surface area contributed by atoms with Crippen LogP contribution in [-0.2, 0) is 4.79 Å². The smallest absolute Gasteiger partial charge is 0.294 e. The monoisotopic (exact) mass is 417 g/mol. The summed E-state index contributed by atoms with van der Waals surface area (Å²) < 4.78 is 0.826. The molecule has 1 heterocycles. The summed E-state index contributed by atoms with van der Waals surface area (Å²) in [5, 5.41) is 0. The molecule has 0 aliphatic carbocycles. The quantitative estimate of drug-likeness (QED) is 0.530. The first kappa shape index (κ1) is 17.4. The van der Waals surface area contributed by atoms with Crippen LogP contribution < -0.4 is 4.90 Å².